The standard InChI is InChI=1S/C32H39N7O3/c1-37-14-16-38(17-15-37)23-7-9-24(10-8-23)39-19-26(29-30(33)34-20-35-31(29)39)22-6-13-27(28(18-22)42-3)36-32(40)21-4-11-25(41-2)12-5-21/h4-6,11-13,18-20,23-24H,7-10,14-17H2,1-3H3,(H,36,40)(H2,33,34,35). The Morgan fingerprint density at radius 2 is 1.64 bits per heavy atom. The molecule has 2 aromatic carbocycles. The number of carbonyl (C=O) groups excluding carboxylic acids is 1. The van der Waals surface area contributed by atoms with Crippen LogP contribution in [0.5, 0.6) is 11.5 Å². The summed E-state index contributed by atoms with van der Waals surface area (Å²) < 4.78 is 13.2. The lowest BCUT2D eigenvalue weighted by Crippen LogP contribution is -2.49. The molecule has 0 bridgehead atoms. The lowest BCUT2D eigenvalue weighted by atomic mass is 9.89. The molecule has 220 valence electrons. The third-order valence-electron chi connectivity index (χ3n) is 8.87. The van der Waals surface area contributed by atoms with E-state index in [1.165, 1.54) is 12.8 Å². The van der Waals surface area contributed by atoms with E-state index in [9.17, 15) is 4.79 Å². The summed E-state index contributed by atoms with van der Waals surface area (Å²) in [7, 11) is 5.40. The Labute approximate surface area is 246 Å². The van der Waals surface area contributed by atoms with Crippen molar-refractivity contribution in [2.75, 3.05) is 58.5 Å². The van der Waals surface area contributed by atoms with Gasteiger partial charge in [-0.1, -0.05) is 6.07 Å². The van der Waals surface area contributed by atoms with Gasteiger partial charge in [0.2, 0.25) is 0 Å². The van der Waals surface area contributed by atoms with Crippen LogP contribution in [-0.2, 0) is 0 Å². The van der Waals surface area contributed by atoms with Gasteiger partial charge in [-0.25, -0.2) is 9.97 Å². The average molecular weight is 570 g/mol. The highest BCUT2D eigenvalue weighted by Crippen LogP contribution is 2.40. The normalized spacial score (nSPS) is 20.0. The second-order valence-electron chi connectivity index (χ2n) is 11.3. The fraction of sp³-hybridized carbons (Fsp3) is 0.406. The summed E-state index contributed by atoms with van der Waals surface area (Å²) in [6.07, 6.45) is 8.28. The Balaban J connectivity index is 1.25. The van der Waals surface area contributed by atoms with Gasteiger partial charge in [0.15, 0.2) is 0 Å². The van der Waals surface area contributed by atoms with Gasteiger partial charge < -0.3 is 30.0 Å². The summed E-state index contributed by atoms with van der Waals surface area (Å²) >= 11 is 0. The molecule has 2 aliphatic rings. The number of ether oxygens (including phenoxy) is 2. The molecule has 1 saturated carbocycles. The fourth-order valence-electron chi connectivity index (χ4n) is 6.39. The zero-order chi connectivity index (χ0) is 29.2. The second-order valence-corrected chi connectivity index (χ2v) is 11.3. The molecule has 1 amide bonds. The minimum absolute atomic E-state index is 0.231. The topological polar surface area (TPSA) is 111 Å². The predicted octanol–water partition coefficient (Wildman–Crippen LogP) is 4.68. The number of nitrogen functional groups attached to an aromatic ring is 1. The summed E-state index contributed by atoms with van der Waals surface area (Å²) in [6, 6.07) is 13.7. The molecule has 3 heterocycles. The summed E-state index contributed by atoms with van der Waals surface area (Å²) in [5, 5.41) is 3.81. The number of rotatable bonds is 7. The number of nitrogens with two attached hydrogens (primary N) is 1. The van der Waals surface area contributed by atoms with Crippen molar-refractivity contribution in [2.45, 2.75) is 37.8 Å². The summed E-state index contributed by atoms with van der Waals surface area (Å²) in [4.78, 5) is 27.0. The fourth-order valence-corrected chi connectivity index (χ4v) is 6.39. The molecule has 10 nitrogen and oxygen atoms in total. The van der Waals surface area contributed by atoms with E-state index in [0.717, 1.165) is 61.2 Å². The van der Waals surface area contributed by atoms with Crippen molar-refractivity contribution in [3.63, 3.8) is 0 Å². The molecule has 3 N–H and O–H groups in total. The SMILES string of the molecule is COc1ccc(C(=O)Nc2ccc(-c3cn(C4CCC(N5CCN(C)CC5)CC4)c4ncnc(N)c34)cc2OC)cc1. The molecule has 42 heavy (non-hydrogen) atoms. The van der Waals surface area contributed by atoms with Crippen molar-refractivity contribution in [1.29, 1.82) is 0 Å². The van der Waals surface area contributed by atoms with Crippen molar-refractivity contribution in [1.82, 2.24) is 24.3 Å². The van der Waals surface area contributed by atoms with E-state index in [-0.39, 0.29) is 5.91 Å². The van der Waals surface area contributed by atoms with Crippen LogP contribution in [0.3, 0.4) is 0 Å². The zero-order valence-corrected chi connectivity index (χ0v) is 24.5. The molecule has 2 fully saturated rings. The van der Waals surface area contributed by atoms with Crippen molar-refractivity contribution in [3.05, 3.63) is 60.6 Å². The molecule has 1 aliphatic heterocycles. The van der Waals surface area contributed by atoms with Gasteiger partial charge in [-0.05, 0) is 74.7 Å². The molecule has 1 aliphatic carbocycles. The van der Waals surface area contributed by atoms with Crippen LogP contribution in [0.2, 0.25) is 0 Å². The smallest absolute Gasteiger partial charge is 0.255 e. The predicted molar refractivity (Wildman–Crippen MR) is 165 cm³/mol. The molecule has 4 aromatic rings. The molecule has 6 rings (SSSR count). The van der Waals surface area contributed by atoms with E-state index in [1.807, 2.05) is 18.2 Å². The number of nitrogens with one attached hydrogen (secondary N) is 1. The first-order valence-corrected chi connectivity index (χ1v) is 14.6. The number of anilines is 2. The van der Waals surface area contributed by atoms with E-state index >= 15 is 0 Å². The Morgan fingerprint density at radius 3 is 2.33 bits per heavy atom. The first-order chi connectivity index (χ1) is 20.4. The van der Waals surface area contributed by atoms with Gasteiger partial charge >= 0.3 is 0 Å². The zero-order valence-electron chi connectivity index (χ0n) is 24.5. The quantitative estimate of drug-likeness (QED) is 0.330. The summed E-state index contributed by atoms with van der Waals surface area (Å²) in [5.41, 5.74) is 10.3. The third-order valence-corrected chi connectivity index (χ3v) is 8.87. The molecule has 0 unspecified atom stereocenters. The lowest BCUT2D eigenvalue weighted by Gasteiger charge is -2.41. The van der Waals surface area contributed by atoms with Crippen LogP contribution in [0.25, 0.3) is 22.2 Å². The van der Waals surface area contributed by atoms with Gasteiger partial charge in [-0.15, -0.1) is 0 Å². The molecular formula is C32H39N7O3. The van der Waals surface area contributed by atoms with Crippen LogP contribution in [0.15, 0.2) is 55.0 Å². The molecule has 0 atom stereocenters. The number of hydrogen-bond acceptors (Lipinski definition) is 8. The van der Waals surface area contributed by atoms with E-state index < -0.39 is 0 Å². The second kappa shape index (κ2) is 12.0. The number of piperazine rings is 1. The van der Waals surface area contributed by atoms with Crippen molar-refractivity contribution >= 4 is 28.4 Å². The van der Waals surface area contributed by atoms with Crippen LogP contribution in [-0.4, -0.2) is 83.7 Å². The Kier molecular flexibility index (Phi) is 7.99. The molecule has 1 saturated heterocycles. The number of methoxy groups -OCH3 is 2. The maximum Gasteiger partial charge on any atom is 0.255 e. The average Bonchev–Trinajstić information content (AvgIpc) is 3.43. The van der Waals surface area contributed by atoms with Crippen molar-refractivity contribution < 1.29 is 14.3 Å². The number of hydrogen-bond donors (Lipinski definition) is 2. The van der Waals surface area contributed by atoms with Crippen LogP contribution in [0.1, 0.15) is 42.1 Å². The minimum atomic E-state index is -0.231. The maximum absolute atomic E-state index is 12.9. The van der Waals surface area contributed by atoms with Gasteiger partial charge in [0.25, 0.3) is 5.91 Å². The lowest BCUT2D eigenvalue weighted by molar-refractivity contribution is 0.0828. The van der Waals surface area contributed by atoms with Gasteiger partial charge in [0, 0.05) is 55.6 Å². The first-order valence-electron chi connectivity index (χ1n) is 14.6. The number of amides is 1. The third kappa shape index (κ3) is 5.52. The van der Waals surface area contributed by atoms with Gasteiger partial charge in [0.1, 0.15) is 29.3 Å². The highest BCUT2D eigenvalue weighted by molar-refractivity contribution is 6.06. The van der Waals surface area contributed by atoms with Crippen LogP contribution >= 0.6 is 0 Å². The number of nitrogens with zero attached hydrogens (tertiary/aromatic N) is 5. The Hall–Kier alpha value is -4.15. The highest BCUT2D eigenvalue weighted by atomic mass is 16.5. The van der Waals surface area contributed by atoms with E-state index in [4.69, 9.17) is 15.2 Å². The van der Waals surface area contributed by atoms with Gasteiger partial charge in [-0.3, -0.25) is 9.69 Å². The van der Waals surface area contributed by atoms with Crippen LogP contribution < -0.4 is 20.5 Å². The Morgan fingerprint density at radius 1 is 0.929 bits per heavy atom. The van der Waals surface area contributed by atoms with E-state index in [0.29, 0.717) is 40.7 Å². The maximum atomic E-state index is 12.9. The van der Waals surface area contributed by atoms with Crippen LogP contribution in [0.4, 0.5) is 11.5 Å². The number of carbonyl (C=O) groups is 1. The monoisotopic (exact) mass is 569 g/mol. The molecule has 2 aromatic heterocycles. The number of likely N-dealkylation sites (N-methyl/N-ethyl adjacent to an activating group) is 1. The van der Waals surface area contributed by atoms with Gasteiger partial charge in [0.05, 0.1) is 25.3 Å². The molecule has 10 heteroatoms. The summed E-state index contributed by atoms with van der Waals surface area (Å²) in [5.74, 6) is 1.47. The van der Waals surface area contributed by atoms with Gasteiger partial charge in [-0.2, -0.15) is 0 Å². The van der Waals surface area contributed by atoms with Crippen molar-refractivity contribution in [2.24, 2.45) is 0 Å². The Bertz CT molecular complexity index is 1550. The molecule has 0 radical (unpaired) electrons. The highest BCUT2D eigenvalue weighted by Gasteiger charge is 2.30. The van der Waals surface area contributed by atoms with Crippen molar-refractivity contribution in [3.8, 4) is 22.6 Å². The first kappa shape index (κ1) is 28.0. The van der Waals surface area contributed by atoms with Crippen LogP contribution in [0, 0.1) is 0 Å². The number of benzene rings is 2. The van der Waals surface area contributed by atoms with E-state index in [1.54, 1.807) is 44.8 Å². The number of fused-ring (bicyclic) bond motifs is 1. The largest absolute Gasteiger partial charge is 0.497 e. The minimum Gasteiger partial charge on any atom is -0.497 e. The van der Waals surface area contributed by atoms with E-state index in [2.05, 4.69) is 42.9 Å². The number of aromatic nitrogens is 3. The molecular weight excluding hydrogens is 530 g/mol. The molecule has 0 spiro atoms. The summed E-state index contributed by atoms with van der Waals surface area (Å²) in [6.45, 7) is 4.61.